The Kier molecular flexibility index (Phi) is 7.67. The molecule has 0 aromatic carbocycles. The van der Waals surface area contributed by atoms with Crippen molar-refractivity contribution in [1.82, 2.24) is 10.2 Å². The summed E-state index contributed by atoms with van der Waals surface area (Å²) in [6.45, 7) is 11.5. The zero-order valence-electron chi connectivity index (χ0n) is 14.3. The molecule has 4 nitrogen and oxygen atoms in total. The standard InChI is InChI=1S/C17H34N2O2/c1-5-14(6-2)13-19(8-4)15-10-9-11-17(12-15,16(20)21)18-7-3/h14-15,18H,5-13H2,1-4H3,(H,20,21). The predicted molar refractivity (Wildman–Crippen MR) is 87.6 cm³/mol. The lowest BCUT2D eigenvalue weighted by atomic mass is 9.78. The van der Waals surface area contributed by atoms with Gasteiger partial charge >= 0.3 is 5.97 Å². The van der Waals surface area contributed by atoms with E-state index in [9.17, 15) is 9.90 Å². The first kappa shape index (κ1) is 18.4. The van der Waals surface area contributed by atoms with Gasteiger partial charge in [0.15, 0.2) is 0 Å². The minimum absolute atomic E-state index is 0.402. The molecule has 1 rings (SSSR count). The number of hydrogen-bond donors (Lipinski definition) is 2. The van der Waals surface area contributed by atoms with Crippen molar-refractivity contribution < 1.29 is 9.90 Å². The molecule has 0 spiro atoms. The molecule has 1 aliphatic rings. The van der Waals surface area contributed by atoms with Crippen LogP contribution in [0.5, 0.6) is 0 Å². The first-order valence-electron chi connectivity index (χ1n) is 8.75. The number of hydrogen-bond acceptors (Lipinski definition) is 3. The molecule has 0 aromatic rings. The van der Waals surface area contributed by atoms with Gasteiger partial charge in [0.2, 0.25) is 0 Å². The van der Waals surface area contributed by atoms with Crippen molar-refractivity contribution in [3.8, 4) is 0 Å². The highest BCUT2D eigenvalue weighted by Crippen LogP contribution is 2.32. The first-order valence-corrected chi connectivity index (χ1v) is 8.75. The molecule has 2 atom stereocenters. The Hall–Kier alpha value is -0.610. The van der Waals surface area contributed by atoms with E-state index >= 15 is 0 Å². The number of aliphatic carboxylic acids is 1. The van der Waals surface area contributed by atoms with Gasteiger partial charge in [0.1, 0.15) is 5.54 Å². The van der Waals surface area contributed by atoms with E-state index in [1.165, 1.54) is 12.8 Å². The minimum Gasteiger partial charge on any atom is -0.480 e. The van der Waals surface area contributed by atoms with Crippen LogP contribution in [0.2, 0.25) is 0 Å². The summed E-state index contributed by atoms with van der Waals surface area (Å²) in [7, 11) is 0. The maximum absolute atomic E-state index is 11.8. The van der Waals surface area contributed by atoms with E-state index in [-0.39, 0.29) is 0 Å². The third-order valence-corrected chi connectivity index (χ3v) is 5.22. The van der Waals surface area contributed by atoms with Gasteiger partial charge in [0, 0.05) is 12.6 Å². The lowest BCUT2D eigenvalue weighted by molar-refractivity contribution is -0.147. The number of nitrogens with one attached hydrogen (secondary N) is 1. The Labute approximate surface area is 130 Å². The van der Waals surface area contributed by atoms with Crippen LogP contribution in [0, 0.1) is 5.92 Å². The highest BCUT2D eigenvalue weighted by atomic mass is 16.4. The maximum Gasteiger partial charge on any atom is 0.323 e. The quantitative estimate of drug-likeness (QED) is 0.687. The average Bonchev–Trinajstić information content (AvgIpc) is 2.49. The predicted octanol–water partition coefficient (Wildman–Crippen LogP) is 3.12. The molecule has 0 amide bonds. The van der Waals surface area contributed by atoms with Crippen LogP contribution in [0.25, 0.3) is 0 Å². The molecule has 21 heavy (non-hydrogen) atoms. The zero-order chi connectivity index (χ0) is 15.9. The maximum atomic E-state index is 11.8. The Balaban J connectivity index is 2.78. The lowest BCUT2D eigenvalue weighted by Gasteiger charge is -2.43. The van der Waals surface area contributed by atoms with Crippen molar-refractivity contribution >= 4 is 5.97 Å². The zero-order valence-corrected chi connectivity index (χ0v) is 14.3. The molecular formula is C17H34N2O2. The lowest BCUT2D eigenvalue weighted by Crippen LogP contribution is -2.58. The first-order chi connectivity index (χ1) is 10.0. The van der Waals surface area contributed by atoms with E-state index < -0.39 is 11.5 Å². The summed E-state index contributed by atoms with van der Waals surface area (Å²) < 4.78 is 0. The Bertz CT molecular complexity index is 314. The van der Waals surface area contributed by atoms with E-state index in [4.69, 9.17) is 0 Å². The Morgan fingerprint density at radius 1 is 1.33 bits per heavy atom. The summed E-state index contributed by atoms with van der Waals surface area (Å²) in [4.78, 5) is 14.3. The molecule has 124 valence electrons. The van der Waals surface area contributed by atoms with Crippen molar-refractivity contribution in [2.45, 2.75) is 77.8 Å². The molecule has 0 aliphatic heterocycles. The molecule has 0 aromatic heterocycles. The summed E-state index contributed by atoms with van der Waals surface area (Å²) in [6, 6.07) is 0.402. The molecule has 0 radical (unpaired) electrons. The summed E-state index contributed by atoms with van der Waals surface area (Å²) in [6.07, 6.45) is 6.05. The molecule has 0 heterocycles. The van der Waals surface area contributed by atoms with Gasteiger partial charge < -0.3 is 15.3 Å². The number of likely N-dealkylation sites (N-methyl/N-ethyl adjacent to an activating group) is 1. The van der Waals surface area contributed by atoms with Gasteiger partial charge in [-0.1, -0.05) is 40.5 Å². The second-order valence-corrected chi connectivity index (χ2v) is 6.44. The third kappa shape index (κ3) is 4.68. The molecule has 2 N–H and O–H groups in total. The van der Waals surface area contributed by atoms with Crippen LogP contribution in [0.15, 0.2) is 0 Å². The van der Waals surface area contributed by atoms with Crippen LogP contribution in [0.3, 0.4) is 0 Å². The van der Waals surface area contributed by atoms with Gasteiger partial charge in [0.05, 0.1) is 0 Å². The fourth-order valence-electron chi connectivity index (χ4n) is 3.74. The third-order valence-electron chi connectivity index (χ3n) is 5.22. The van der Waals surface area contributed by atoms with E-state index in [1.807, 2.05) is 6.92 Å². The molecule has 4 heteroatoms. The van der Waals surface area contributed by atoms with Crippen LogP contribution in [0.1, 0.15) is 66.2 Å². The summed E-state index contributed by atoms with van der Waals surface area (Å²) in [5, 5.41) is 12.9. The summed E-state index contributed by atoms with van der Waals surface area (Å²) in [5.41, 5.74) is -0.709. The van der Waals surface area contributed by atoms with E-state index in [2.05, 4.69) is 31.0 Å². The summed E-state index contributed by atoms with van der Waals surface area (Å²) >= 11 is 0. The Morgan fingerprint density at radius 3 is 2.48 bits per heavy atom. The molecule has 1 saturated carbocycles. The molecule has 1 fully saturated rings. The monoisotopic (exact) mass is 298 g/mol. The molecule has 2 unspecified atom stereocenters. The largest absolute Gasteiger partial charge is 0.480 e. The normalized spacial score (nSPS) is 26.5. The van der Waals surface area contributed by atoms with E-state index in [0.29, 0.717) is 6.04 Å². The van der Waals surface area contributed by atoms with Gasteiger partial charge in [-0.15, -0.1) is 0 Å². The molecule has 0 bridgehead atoms. The fraction of sp³-hybridized carbons (Fsp3) is 0.941. The number of carboxylic acid groups (broad SMARTS) is 1. The highest BCUT2D eigenvalue weighted by molar-refractivity contribution is 5.79. The van der Waals surface area contributed by atoms with Gasteiger partial charge in [-0.2, -0.15) is 0 Å². The minimum atomic E-state index is -0.709. The number of carboxylic acids is 1. The van der Waals surface area contributed by atoms with Crippen molar-refractivity contribution in [2.75, 3.05) is 19.6 Å². The van der Waals surface area contributed by atoms with Crippen LogP contribution < -0.4 is 5.32 Å². The second-order valence-electron chi connectivity index (χ2n) is 6.44. The number of nitrogens with zero attached hydrogens (tertiary/aromatic N) is 1. The van der Waals surface area contributed by atoms with Crippen molar-refractivity contribution in [1.29, 1.82) is 0 Å². The fourth-order valence-corrected chi connectivity index (χ4v) is 3.74. The van der Waals surface area contributed by atoms with Crippen molar-refractivity contribution in [3.05, 3.63) is 0 Å². The smallest absolute Gasteiger partial charge is 0.323 e. The Morgan fingerprint density at radius 2 is 2.00 bits per heavy atom. The van der Waals surface area contributed by atoms with Crippen LogP contribution in [0.4, 0.5) is 0 Å². The van der Waals surface area contributed by atoms with Crippen LogP contribution >= 0.6 is 0 Å². The second kappa shape index (κ2) is 8.74. The molecular weight excluding hydrogens is 264 g/mol. The number of rotatable bonds is 9. The average molecular weight is 298 g/mol. The van der Waals surface area contributed by atoms with E-state index in [0.717, 1.165) is 51.2 Å². The van der Waals surface area contributed by atoms with Crippen LogP contribution in [-0.4, -0.2) is 47.2 Å². The van der Waals surface area contributed by atoms with Crippen molar-refractivity contribution in [3.63, 3.8) is 0 Å². The van der Waals surface area contributed by atoms with Gasteiger partial charge in [-0.25, -0.2) is 0 Å². The summed E-state index contributed by atoms with van der Waals surface area (Å²) in [5.74, 6) is 0.0536. The van der Waals surface area contributed by atoms with E-state index in [1.54, 1.807) is 0 Å². The topological polar surface area (TPSA) is 52.6 Å². The van der Waals surface area contributed by atoms with Gasteiger partial charge in [-0.05, 0) is 44.7 Å². The molecule has 1 aliphatic carbocycles. The van der Waals surface area contributed by atoms with Crippen LogP contribution in [-0.2, 0) is 4.79 Å². The SMILES string of the molecule is CCNC1(C(=O)O)CCCC(N(CC)CC(CC)CC)C1. The highest BCUT2D eigenvalue weighted by Gasteiger charge is 2.43. The molecule has 0 saturated heterocycles. The van der Waals surface area contributed by atoms with Crippen molar-refractivity contribution in [2.24, 2.45) is 5.92 Å². The van der Waals surface area contributed by atoms with Gasteiger partial charge in [0.25, 0.3) is 0 Å². The number of carbonyl (C=O) groups is 1. The van der Waals surface area contributed by atoms with Gasteiger partial charge in [-0.3, -0.25) is 4.79 Å².